The van der Waals surface area contributed by atoms with Crippen LogP contribution in [0.1, 0.15) is 15.9 Å². The van der Waals surface area contributed by atoms with Crippen molar-refractivity contribution in [3.05, 3.63) is 53.6 Å². The highest BCUT2D eigenvalue weighted by Crippen LogP contribution is 2.27. The van der Waals surface area contributed by atoms with E-state index in [4.69, 9.17) is 16.2 Å². The molecule has 1 aliphatic rings. The monoisotopic (exact) mass is 283 g/mol. The number of hydrogen-bond acceptors (Lipinski definition) is 4. The fourth-order valence-electron chi connectivity index (χ4n) is 2.50. The first-order chi connectivity index (χ1) is 10.1. The van der Waals surface area contributed by atoms with Crippen LogP contribution in [0.3, 0.4) is 0 Å². The van der Waals surface area contributed by atoms with Crippen molar-refractivity contribution in [2.75, 3.05) is 23.8 Å². The van der Waals surface area contributed by atoms with Crippen molar-refractivity contribution in [1.82, 2.24) is 0 Å². The fraction of sp³-hybridized carbons (Fsp3) is 0.188. The van der Waals surface area contributed by atoms with Crippen LogP contribution in [-0.4, -0.2) is 19.1 Å². The summed E-state index contributed by atoms with van der Waals surface area (Å²) >= 11 is 0. The molecule has 5 heteroatoms. The molecule has 1 heterocycles. The largest absolute Gasteiger partial charge is 0.491 e. The summed E-state index contributed by atoms with van der Waals surface area (Å²) in [5.74, 6) is 0.395. The van der Waals surface area contributed by atoms with Gasteiger partial charge in [-0.15, -0.1) is 0 Å². The Kier molecular flexibility index (Phi) is 3.39. The van der Waals surface area contributed by atoms with Gasteiger partial charge >= 0.3 is 0 Å². The molecule has 4 N–H and O–H groups in total. The Labute approximate surface area is 123 Å². The van der Waals surface area contributed by atoms with E-state index in [1.807, 2.05) is 30.3 Å². The summed E-state index contributed by atoms with van der Waals surface area (Å²) in [5.41, 5.74) is 13.9. The SMILES string of the molecule is NC(=O)c1cc(N2CCOc3ccccc3C2)ccc1N. The van der Waals surface area contributed by atoms with Crippen molar-refractivity contribution in [1.29, 1.82) is 0 Å². The molecular weight excluding hydrogens is 266 g/mol. The molecule has 0 atom stereocenters. The van der Waals surface area contributed by atoms with E-state index in [0.717, 1.165) is 30.1 Å². The van der Waals surface area contributed by atoms with Crippen LogP contribution in [0.15, 0.2) is 42.5 Å². The third-order valence-corrected chi connectivity index (χ3v) is 3.62. The number of benzene rings is 2. The Balaban J connectivity index is 1.94. The summed E-state index contributed by atoms with van der Waals surface area (Å²) in [6, 6.07) is 13.3. The van der Waals surface area contributed by atoms with Gasteiger partial charge in [0.05, 0.1) is 12.1 Å². The van der Waals surface area contributed by atoms with Crippen molar-refractivity contribution in [3.8, 4) is 5.75 Å². The Morgan fingerprint density at radius 1 is 1.19 bits per heavy atom. The van der Waals surface area contributed by atoms with Crippen LogP contribution in [-0.2, 0) is 6.54 Å². The maximum atomic E-state index is 11.4. The summed E-state index contributed by atoms with van der Waals surface area (Å²) in [6.45, 7) is 2.04. The number of fused-ring (bicyclic) bond motifs is 1. The molecule has 0 bridgehead atoms. The predicted octanol–water partition coefficient (Wildman–Crippen LogP) is 1.77. The standard InChI is InChI=1S/C16H17N3O2/c17-14-6-5-12(9-13(14)16(18)20)19-7-8-21-15-4-2-1-3-11(15)10-19/h1-6,9H,7-8,10,17H2,(H2,18,20). The quantitative estimate of drug-likeness (QED) is 0.823. The van der Waals surface area contributed by atoms with Crippen LogP contribution in [0.25, 0.3) is 0 Å². The van der Waals surface area contributed by atoms with E-state index in [-0.39, 0.29) is 0 Å². The minimum Gasteiger partial charge on any atom is -0.491 e. The van der Waals surface area contributed by atoms with Crippen molar-refractivity contribution in [3.63, 3.8) is 0 Å². The van der Waals surface area contributed by atoms with Gasteiger partial charge in [-0.05, 0) is 24.3 Å². The second-order valence-corrected chi connectivity index (χ2v) is 5.01. The molecule has 5 nitrogen and oxygen atoms in total. The molecule has 21 heavy (non-hydrogen) atoms. The van der Waals surface area contributed by atoms with E-state index in [1.54, 1.807) is 12.1 Å². The van der Waals surface area contributed by atoms with E-state index >= 15 is 0 Å². The first kappa shape index (κ1) is 13.3. The predicted molar refractivity (Wildman–Crippen MR) is 82.4 cm³/mol. The van der Waals surface area contributed by atoms with Crippen LogP contribution >= 0.6 is 0 Å². The van der Waals surface area contributed by atoms with Crippen molar-refractivity contribution >= 4 is 17.3 Å². The number of nitrogen functional groups attached to an aromatic ring is 1. The number of primary amides is 1. The van der Waals surface area contributed by atoms with Gasteiger partial charge in [-0.25, -0.2) is 0 Å². The van der Waals surface area contributed by atoms with E-state index in [0.29, 0.717) is 17.9 Å². The third-order valence-electron chi connectivity index (χ3n) is 3.62. The Morgan fingerprint density at radius 3 is 2.81 bits per heavy atom. The molecule has 0 aromatic heterocycles. The lowest BCUT2D eigenvalue weighted by Gasteiger charge is -2.23. The number of nitrogens with zero attached hydrogens (tertiary/aromatic N) is 1. The number of nitrogens with two attached hydrogens (primary N) is 2. The number of ether oxygens (including phenoxy) is 1. The molecular formula is C16H17N3O2. The van der Waals surface area contributed by atoms with E-state index in [9.17, 15) is 4.79 Å². The van der Waals surface area contributed by atoms with Gasteiger partial charge < -0.3 is 21.1 Å². The van der Waals surface area contributed by atoms with Crippen LogP contribution in [0.2, 0.25) is 0 Å². The number of carbonyl (C=O) groups excluding carboxylic acids is 1. The molecule has 108 valence electrons. The smallest absolute Gasteiger partial charge is 0.250 e. The van der Waals surface area contributed by atoms with E-state index < -0.39 is 5.91 Å². The molecule has 0 aliphatic carbocycles. The molecule has 0 fully saturated rings. The zero-order chi connectivity index (χ0) is 14.8. The highest BCUT2D eigenvalue weighted by molar-refractivity contribution is 5.99. The zero-order valence-corrected chi connectivity index (χ0v) is 11.6. The van der Waals surface area contributed by atoms with Crippen molar-refractivity contribution in [2.24, 2.45) is 5.73 Å². The maximum Gasteiger partial charge on any atom is 0.250 e. The van der Waals surface area contributed by atoms with Gasteiger partial charge in [-0.2, -0.15) is 0 Å². The molecule has 1 amide bonds. The third kappa shape index (κ3) is 2.63. The second-order valence-electron chi connectivity index (χ2n) is 5.01. The Bertz CT molecular complexity index is 685. The number of anilines is 2. The van der Waals surface area contributed by atoms with Gasteiger partial charge in [0.15, 0.2) is 0 Å². The number of carbonyl (C=O) groups is 1. The highest BCUT2D eigenvalue weighted by Gasteiger charge is 2.17. The molecule has 0 radical (unpaired) electrons. The minimum absolute atomic E-state index is 0.353. The van der Waals surface area contributed by atoms with Crippen LogP contribution in [0.5, 0.6) is 5.75 Å². The molecule has 0 saturated carbocycles. The van der Waals surface area contributed by atoms with Gasteiger partial charge in [0.2, 0.25) is 0 Å². The van der Waals surface area contributed by atoms with Crippen LogP contribution < -0.4 is 21.1 Å². The molecule has 0 saturated heterocycles. The first-order valence-electron chi connectivity index (χ1n) is 6.80. The van der Waals surface area contributed by atoms with Gasteiger partial charge in [-0.3, -0.25) is 4.79 Å². The lowest BCUT2D eigenvalue weighted by Crippen LogP contribution is -2.26. The molecule has 2 aromatic rings. The molecule has 0 unspecified atom stereocenters. The number of rotatable bonds is 2. The van der Waals surface area contributed by atoms with Crippen LogP contribution in [0.4, 0.5) is 11.4 Å². The average molecular weight is 283 g/mol. The number of hydrogen-bond donors (Lipinski definition) is 2. The van der Waals surface area contributed by atoms with Gasteiger partial charge in [-0.1, -0.05) is 18.2 Å². The molecule has 1 aliphatic heterocycles. The topological polar surface area (TPSA) is 81.6 Å². The average Bonchev–Trinajstić information content (AvgIpc) is 2.69. The summed E-state index contributed by atoms with van der Waals surface area (Å²) in [4.78, 5) is 13.6. The lowest BCUT2D eigenvalue weighted by molar-refractivity contribution is 0.100. The second kappa shape index (κ2) is 5.36. The summed E-state index contributed by atoms with van der Waals surface area (Å²) in [6.07, 6.45) is 0. The first-order valence-corrected chi connectivity index (χ1v) is 6.80. The molecule has 0 spiro atoms. The maximum absolute atomic E-state index is 11.4. The zero-order valence-electron chi connectivity index (χ0n) is 11.6. The van der Waals surface area contributed by atoms with E-state index in [1.165, 1.54) is 0 Å². The normalized spacial score (nSPS) is 14.0. The Hall–Kier alpha value is -2.69. The summed E-state index contributed by atoms with van der Waals surface area (Å²) in [7, 11) is 0. The summed E-state index contributed by atoms with van der Waals surface area (Å²) in [5, 5.41) is 0. The molecule has 3 rings (SSSR count). The summed E-state index contributed by atoms with van der Waals surface area (Å²) < 4.78 is 5.74. The van der Waals surface area contributed by atoms with Gasteiger partial charge in [0.1, 0.15) is 12.4 Å². The number of para-hydroxylation sites is 1. The number of amides is 1. The van der Waals surface area contributed by atoms with E-state index in [2.05, 4.69) is 4.90 Å². The highest BCUT2D eigenvalue weighted by atomic mass is 16.5. The Morgan fingerprint density at radius 2 is 2.00 bits per heavy atom. The van der Waals surface area contributed by atoms with Gasteiger partial charge in [0.25, 0.3) is 5.91 Å². The van der Waals surface area contributed by atoms with Crippen molar-refractivity contribution < 1.29 is 9.53 Å². The fourth-order valence-corrected chi connectivity index (χ4v) is 2.50. The van der Waals surface area contributed by atoms with Crippen molar-refractivity contribution in [2.45, 2.75) is 6.54 Å². The minimum atomic E-state index is -0.513. The lowest BCUT2D eigenvalue weighted by atomic mass is 10.1. The molecule has 2 aromatic carbocycles. The van der Waals surface area contributed by atoms with Crippen LogP contribution in [0, 0.1) is 0 Å². The van der Waals surface area contributed by atoms with Gasteiger partial charge in [0, 0.05) is 23.5 Å².